The number of fused-ring (bicyclic) bond motifs is 1. The van der Waals surface area contributed by atoms with E-state index < -0.39 is 18.1 Å². The molecule has 1 heterocycles. The normalized spacial score (nSPS) is 15.4. The van der Waals surface area contributed by atoms with Crippen LogP contribution in [0.25, 0.3) is 0 Å². The molecule has 0 fully saturated rings. The quantitative estimate of drug-likeness (QED) is 0.508. The average molecular weight is 496 g/mol. The van der Waals surface area contributed by atoms with Gasteiger partial charge in [-0.15, -0.1) is 0 Å². The number of aryl methyl sites for hydroxylation is 1. The predicted octanol–water partition coefficient (Wildman–Crippen LogP) is 5.41. The maximum absolute atomic E-state index is 13.4. The highest BCUT2D eigenvalue weighted by Gasteiger charge is 2.40. The number of hydrogen-bond acceptors (Lipinski definition) is 3. The zero-order valence-corrected chi connectivity index (χ0v) is 19.4. The number of nitrogens with one attached hydrogen (secondary N) is 2. The Kier molecular flexibility index (Phi) is 7.10. The van der Waals surface area contributed by atoms with Crippen LogP contribution in [0.3, 0.4) is 0 Å². The van der Waals surface area contributed by atoms with Crippen molar-refractivity contribution in [1.29, 1.82) is 0 Å². The van der Waals surface area contributed by atoms with Gasteiger partial charge >= 0.3 is 12.1 Å². The SMILES string of the molecule is Cc1ccccc1C(=O)Nc1ccc(C(=O)N2CCC[C@@H](NC(=O)C(F)(F)F)c3ccccc32)cc1. The van der Waals surface area contributed by atoms with Crippen molar-refractivity contribution in [3.63, 3.8) is 0 Å². The lowest BCUT2D eigenvalue weighted by molar-refractivity contribution is -0.174. The number of amides is 3. The summed E-state index contributed by atoms with van der Waals surface area (Å²) in [4.78, 5) is 39.0. The van der Waals surface area contributed by atoms with Crippen molar-refractivity contribution >= 4 is 29.1 Å². The molecule has 0 unspecified atom stereocenters. The van der Waals surface area contributed by atoms with E-state index in [1.807, 2.05) is 19.1 Å². The molecular weight excluding hydrogens is 471 g/mol. The lowest BCUT2D eigenvalue weighted by Crippen LogP contribution is -2.39. The zero-order chi connectivity index (χ0) is 25.9. The number of anilines is 2. The van der Waals surface area contributed by atoms with Gasteiger partial charge in [0.1, 0.15) is 0 Å². The minimum Gasteiger partial charge on any atom is -0.341 e. The van der Waals surface area contributed by atoms with Gasteiger partial charge in [0.2, 0.25) is 0 Å². The van der Waals surface area contributed by atoms with Crippen molar-refractivity contribution in [2.75, 3.05) is 16.8 Å². The van der Waals surface area contributed by atoms with Gasteiger partial charge in [-0.25, -0.2) is 0 Å². The molecule has 186 valence electrons. The Balaban J connectivity index is 1.53. The van der Waals surface area contributed by atoms with E-state index in [1.165, 1.54) is 4.90 Å². The third-order valence-corrected chi connectivity index (χ3v) is 6.06. The number of carbonyl (C=O) groups is 3. The van der Waals surface area contributed by atoms with Gasteiger partial charge < -0.3 is 15.5 Å². The average Bonchev–Trinajstić information content (AvgIpc) is 3.03. The largest absolute Gasteiger partial charge is 0.471 e. The Labute approximate surface area is 206 Å². The van der Waals surface area contributed by atoms with Crippen LogP contribution in [-0.2, 0) is 4.79 Å². The lowest BCUT2D eigenvalue weighted by atomic mass is 10.0. The minimum atomic E-state index is -4.99. The number of benzene rings is 3. The number of nitrogens with zero attached hydrogens (tertiary/aromatic N) is 1. The molecule has 6 nitrogen and oxygen atoms in total. The fourth-order valence-corrected chi connectivity index (χ4v) is 4.24. The Bertz CT molecular complexity index is 1290. The summed E-state index contributed by atoms with van der Waals surface area (Å²) in [5, 5.41) is 4.87. The van der Waals surface area contributed by atoms with E-state index in [9.17, 15) is 27.6 Å². The van der Waals surface area contributed by atoms with E-state index in [0.717, 1.165) is 5.56 Å². The number of alkyl halides is 3. The summed E-state index contributed by atoms with van der Waals surface area (Å²) in [6.45, 7) is 2.12. The summed E-state index contributed by atoms with van der Waals surface area (Å²) < 4.78 is 38.5. The molecule has 3 aromatic carbocycles. The van der Waals surface area contributed by atoms with E-state index in [1.54, 1.807) is 60.7 Å². The molecule has 2 N–H and O–H groups in total. The maximum atomic E-state index is 13.4. The van der Waals surface area contributed by atoms with Crippen LogP contribution >= 0.6 is 0 Å². The number of carbonyl (C=O) groups excluding carboxylic acids is 3. The van der Waals surface area contributed by atoms with Gasteiger partial charge in [-0.3, -0.25) is 14.4 Å². The van der Waals surface area contributed by atoms with E-state index in [4.69, 9.17) is 0 Å². The van der Waals surface area contributed by atoms with Crippen molar-refractivity contribution < 1.29 is 27.6 Å². The Morgan fingerprint density at radius 3 is 2.28 bits per heavy atom. The van der Waals surface area contributed by atoms with E-state index in [-0.39, 0.29) is 24.8 Å². The fourth-order valence-electron chi connectivity index (χ4n) is 4.24. The van der Waals surface area contributed by atoms with E-state index in [2.05, 4.69) is 10.6 Å². The second-order valence-electron chi connectivity index (χ2n) is 8.53. The highest BCUT2D eigenvalue weighted by Crippen LogP contribution is 2.34. The topological polar surface area (TPSA) is 78.5 Å². The third kappa shape index (κ3) is 5.40. The van der Waals surface area contributed by atoms with Crippen molar-refractivity contribution in [3.8, 4) is 0 Å². The van der Waals surface area contributed by atoms with Crippen LogP contribution in [0.4, 0.5) is 24.5 Å². The molecule has 1 atom stereocenters. The lowest BCUT2D eigenvalue weighted by Gasteiger charge is -2.25. The molecule has 0 saturated carbocycles. The van der Waals surface area contributed by atoms with Gasteiger partial charge in [0, 0.05) is 29.0 Å². The second-order valence-corrected chi connectivity index (χ2v) is 8.53. The smallest absolute Gasteiger partial charge is 0.341 e. The number of hydrogen-bond donors (Lipinski definition) is 2. The number of para-hydroxylation sites is 1. The van der Waals surface area contributed by atoms with Crippen molar-refractivity contribution in [1.82, 2.24) is 5.32 Å². The molecule has 0 spiro atoms. The van der Waals surface area contributed by atoms with E-state index in [0.29, 0.717) is 34.5 Å². The Morgan fingerprint density at radius 1 is 0.917 bits per heavy atom. The highest BCUT2D eigenvalue weighted by molar-refractivity contribution is 6.08. The van der Waals surface area contributed by atoms with Crippen molar-refractivity contribution in [3.05, 3.63) is 95.1 Å². The van der Waals surface area contributed by atoms with Gasteiger partial charge in [0.25, 0.3) is 11.8 Å². The highest BCUT2D eigenvalue weighted by atomic mass is 19.4. The first-order valence-electron chi connectivity index (χ1n) is 11.4. The van der Waals surface area contributed by atoms with Crippen LogP contribution in [0.15, 0.2) is 72.8 Å². The minimum absolute atomic E-state index is 0.256. The Morgan fingerprint density at radius 2 is 1.58 bits per heavy atom. The fraction of sp³-hybridized carbons (Fsp3) is 0.222. The summed E-state index contributed by atoms with van der Waals surface area (Å²) in [6.07, 6.45) is -4.34. The van der Waals surface area contributed by atoms with Crippen LogP contribution in [0.1, 0.15) is 50.7 Å². The molecule has 36 heavy (non-hydrogen) atoms. The molecular formula is C27H24F3N3O3. The van der Waals surface area contributed by atoms with Gasteiger partial charge in [-0.05, 0) is 67.3 Å². The second kappa shape index (κ2) is 10.2. The third-order valence-electron chi connectivity index (χ3n) is 6.06. The van der Waals surface area contributed by atoms with Crippen LogP contribution < -0.4 is 15.5 Å². The molecule has 1 aliphatic rings. The molecule has 0 aromatic heterocycles. The van der Waals surface area contributed by atoms with Gasteiger partial charge in [0.15, 0.2) is 0 Å². The molecule has 0 saturated heterocycles. The van der Waals surface area contributed by atoms with Crippen LogP contribution in [0, 0.1) is 6.92 Å². The molecule has 3 amide bonds. The standard InChI is InChI=1S/C27H24F3N3O3/c1-17-7-2-3-8-20(17)24(34)31-19-14-12-18(13-15-19)25(35)33-16-6-10-22(32-26(36)27(28,29)30)21-9-4-5-11-23(21)33/h2-5,7-9,11-15,22H,6,10,16H2,1H3,(H,31,34)(H,32,36)/t22-/m1/s1. The van der Waals surface area contributed by atoms with E-state index >= 15 is 0 Å². The molecule has 0 aliphatic carbocycles. The first kappa shape index (κ1) is 25.0. The monoisotopic (exact) mass is 495 g/mol. The van der Waals surface area contributed by atoms with Crippen LogP contribution in [-0.4, -0.2) is 30.4 Å². The van der Waals surface area contributed by atoms with Crippen molar-refractivity contribution in [2.45, 2.75) is 32.0 Å². The maximum Gasteiger partial charge on any atom is 0.471 e. The van der Waals surface area contributed by atoms with Gasteiger partial charge in [-0.2, -0.15) is 13.2 Å². The zero-order valence-electron chi connectivity index (χ0n) is 19.4. The summed E-state index contributed by atoms with van der Waals surface area (Å²) in [7, 11) is 0. The summed E-state index contributed by atoms with van der Waals surface area (Å²) >= 11 is 0. The predicted molar refractivity (Wildman–Crippen MR) is 130 cm³/mol. The van der Waals surface area contributed by atoms with Crippen LogP contribution in [0.5, 0.6) is 0 Å². The number of halogens is 3. The first-order valence-corrected chi connectivity index (χ1v) is 11.4. The van der Waals surface area contributed by atoms with Crippen LogP contribution in [0.2, 0.25) is 0 Å². The molecule has 0 radical (unpaired) electrons. The van der Waals surface area contributed by atoms with Gasteiger partial charge in [-0.1, -0.05) is 36.4 Å². The van der Waals surface area contributed by atoms with Crippen molar-refractivity contribution in [2.24, 2.45) is 0 Å². The summed E-state index contributed by atoms with van der Waals surface area (Å²) in [6, 6.07) is 19.4. The Hall–Kier alpha value is -4.14. The molecule has 0 bridgehead atoms. The first-order chi connectivity index (χ1) is 17.1. The molecule has 9 heteroatoms. The summed E-state index contributed by atoms with van der Waals surface area (Å²) in [5.41, 5.74) is 3.16. The molecule has 1 aliphatic heterocycles. The van der Waals surface area contributed by atoms with Gasteiger partial charge in [0.05, 0.1) is 6.04 Å². The molecule has 4 rings (SSSR count). The molecule has 3 aromatic rings. The number of rotatable bonds is 4. The summed E-state index contributed by atoms with van der Waals surface area (Å²) in [5.74, 6) is -2.60.